The number of carbonyl (C=O) groups is 1. The molecule has 0 radical (unpaired) electrons. The van der Waals surface area contributed by atoms with E-state index in [0.717, 1.165) is 18.2 Å². The van der Waals surface area contributed by atoms with Crippen LogP contribution in [-0.2, 0) is 12.6 Å². The summed E-state index contributed by atoms with van der Waals surface area (Å²) in [4.78, 5) is 15.3. The van der Waals surface area contributed by atoms with Gasteiger partial charge in [-0.05, 0) is 53.9 Å². The van der Waals surface area contributed by atoms with Gasteiger partial charge >= 0.3 is 6.18 Å². The number of rotatable bonds is 4. The Labute approximate surface area is 167 Å². The summed E-state index contributed by atoms with van der Waals surface area (Å²) < 4.78 is 67.0. The molecule has 9 heteroatoms. The number of hydrogen-bond donors (Lipinski definition) is 1. The fourth-order valence-corrected chi connectivity index (χ4v) is 2.96. The van der Waals surface area contributed by atoms with Crippen LogP contribution in [0.25, 0.3) is 11.3 Å². The molecule has 0 fully saturated rings. The normalized spacial score (nSPS) is 11.2. The maximum absolute atomic E-state index is 13.7. The van der Waals surface area contributed by atoms with Gasteiger partial charge < -0.3 is 5.73 Å². The van der Waals surface area contributed by atoms with Crippen molar-refractivity contribution in [2.24, 2.45) is 5.73 Å². The molecule has 3 rings (SSSR count). The van der Waals surface area contributed by atoms with Crippen LogP contribution in [0.5, 0.6) is 0 Å². The van der Waals surface area contributed by atoms with Gasteiger partial charge in [0.25, 0.3) is 0 Å². The van der Waals surface area contributed by atoms with E-state index in [1.54, 1.807) is 12.1 Å². The summed E-state index contributed by atoms with van der Waals surface area (Å²) in [7, 11) is 0. The van der Waals surface area contributed by atoms with Crippen LogP contribution in [0.4, 0.5) is 22.0 Å². The standard InChI is InChI=1S/C21H12F5N3O/c22-17-7-12(6-14(10-27)19(17)23)5-11-3-4-29-18(8-11)13-1-2-15(20(28)30)16(9-13)21(24,25)26/h1-4,6-9H,5H2,(H2,28,30). The fourth-order valence-electron chi connectivity index (χ4n) is 2.96. The quantitative estimate of drug-likeness (QED) is 0.630. The molecule has 0 saturated carbocycles. The lowest BCUT2D eigenvalue weighted by Crippen LogP contribution is -2.18. The van der Waals surface area contributed by atoms with Gasteiger partial charge in [0, 0.05) is 11.8 Å². The lowest BCUT2D eigenvalue weighted by molar-refractivity contribution is -0.137. The van der Waals surface area contributed by atoms with Crippen molar-refractivity contribution >= 4 is 5.91 Å². The fraction of sp³-hybridized carbons (Fsp3) is 0.0952. The molecule has 0 aliphatic carbocycles. The number of pyridine rings is 1. The molecular formula is C21H12F5N3O. The van der Waals surface area contributed by atoms with Gasteiger partial charge in [-0.1, -0.05) is 6.07 Å². The molecule has 0 spiro atoms. The highest BCUT2D eigenvalue weighted by molar-refractivity contribution is 5.95. The first kappa shape index (κ1) is 20.9. The van der Waals surface area contributed by atoms with Crippen molar-refractivity contribution in [3.63, 3.8) is 0 Å². The minimum Gasteiger partial charge on any atom is -0.366 e. The smallest absolute Gasteiger partial charge is 0.366 e. The number of halogens is 5. The number of carbonyl (C=O) groups excluding carboxylic acids is 1. The number of nitriles is 1. The molecule has 30 heavy (non-hydrogen) atoms. The second kappa shape index (κ2) is 7.91. The Bertz CT molecular complexity index is 1180. The van der Waals surface area contributed by atoms with Gasteiger partial charge in [-0.25, -0.2) is 8.78 Å². The zero-order valence-corrected chi connectivity index (χ0v) is 15.1. The van der Waals surface area contributed by atoms with E-state index in [2.05, 4.69) is 4.98 Å². The molecule has 2 aromatic carbocycles. The van der Waals surface area contributed by atoms with Gasteiger partial charge in [0.1, 0.15) is 6.07 Å². The zero-order chi connectivity index (χ0) is 22.1. The van der Waals surface area contributed by atoms with Gasteiger partial charge in [0.2, 0.25) is 5.91 Å². The third-order valence-corrected chi connectivity index (χ3v) is 4.33. The molecule has 1 aromatic heterocycles. The van der Waals surface area contributed by atoms with Crippen LogP contribution in [0.1, 0.15) is 32.6 Å². The van der Waals surface area contributed by atoms with E-state index in [-0.39, 0.29) is 17.7 Å². The number of alkyl halides is 3. The highest BCUT2D eigenvalue weighted by Gasteiger charge is 2.35. The molecule has 2 N–H and O–H groups in total. The number of nitrogens with zero attached hydrogens (tertiary/aromatic N) is 2. The van der Waals surface area contributed by atoms with E-state index in [9.17, 15) is 26.7 Å². The molecular weight excluding hydrogens is 405 g/mol. The number of hydrogen-bond acceptors (Lipinski definition) is 3. The van der Waals surface area contributed by atoms with Crippen molar-refractivity contribution in [3.05, 3.63) is 88.1 Å². The first-order valence-corrected chi connectivity index (χ1v) is 8.44. The van der Waals surface area contributed by atoms with Crippen LogP contribution in [0, 0.1) is 23.0 Å². The highest BCUT2D eigenvalue weighted by Crippen LogP contribution is 2.34. The first-order valence-electron chi connectivity index (χ1n) is 8.44. The largest absolute Gasteiger partial charge is 0.417 e. The number of primary amides is 1. The number of amides is 1. The minimum atomic E-state index is -4.79. The average molecular weight is 417 g/mol. The number of aromatic nitrogens is 1. The molecule has 0 unspecified atom stereocenters. The van der Waals surface area contributed by atoms with Gasteiger partial charge in [0.15, 0.2) is 11.6 Å². The minimum absolute atomic E-state index is 0.0902. The second-order valence-electron chi connectivity index (χ2n) is 6.40. The Kier molecular flexibility index (Phi) is 5.52. The van der Waals surface area contributed by atoms with Gasteiger partial charge in [-0.3, -0.25) is 9.78 Å². The summed E-state index contributed by atoms with van der Waals surface area (Å²) in [5.41, 5.74) is 3.86. The number of benzene rings is 2. The van der Waals surface area contributed by atoms with E-state index in [1.165, 1.54) is 24.4 Å². The molecule has 0 aliphatic rings. The summed E-state index contributed by atoms with van der Waals surface area (Å²) in [5.74, 6) is -3.62. The maximum atomic E-state index is 13.7. The lowest BCUT2D eigenvalue weighted by atomic mass is 9.98. The van der Waals surface area contributed by atoms with E-state index < -0.39 is 40.4 Å². The Balaban J connectivity index is 2.00. The molecule has 152 valence electrons. The third-order valence-electron chi connectivity index (χ3n) is 4.33. The summed E-state index contributed by atoms with van der Waals surface area (Å²) >= 11 is 0. The maximum Gasteiger partial charge on any atom is 0.417 e. The molecule has 1 amide bonds. The summed E-state index contributed by atoms with van der Waals surface area (Å²) in [6.07, 6.45) is -3.35. The summed E-state index contributed by atoms with van der Waals surface area (Å²) in [5, 5.41) is 8.89. The molecule has 3 aromatic rings. The van der Waals surface area contributed by atoms with Crippen molar-refractivity contribution in [1.29, 1.82) is 5.26 Å². The molecule has 0 saturated heterocycles. The lowest BCUT2D eigenvalue weighted by Gasteiger charge is -2.13. The second-order valence-corrected chi connectivity index (χ2v) is 6.40. The van der Waals surface area contributed by atoms with Gasteiger partial charge in [-0.15, -0.1) is 0 Å². The monoisotopic (exact) mass is 417 g/mol. The Morgan fingerprint density at radius 1 is 1.07 bits per heavy atom. The highest BCUT2D eigenvalue weighted by atomic mass is 19.4. The Hall–Kier alpha value is -3.80. The van der Waals surface area contributed by atoms with E-state index in [1.807, 2.05) is 0 Å². The van der Waals surface area contributed by atoms with Gasteiger partial charge in [0.05, 0.1) is 22.4 Å². The van der Waals surface area contributed by atoms with E-state index in [0.29, 0.717) is 11.1 Å². The Morgan fingerprint density at radius 2 is 1.80 bits per heavy atom. The third kappa shape index (κ3) is 4.27. The van der Waals surface area contributed by atoms with Crippen molar-refractivity contribution in [3.8, 4) is 17.3 Å². The topological polar surface area (TPSA) is 79.8 Å². The Morgan fingerprint density at radius 3 is 2.43 bits per heavy atom. The van der Waals surface area contributed by atoms with E-state index >= 15 is 0 Å². The van der Waals surface area contributed by atoms with Crippen molar-refractivity contribution < 1.29 is 26.7 Å². The molecule has 0 aliphatic heterocycles. The van der Waals surface area contributed by atoms with Crippen molar-refractivity contribution in [2.45, 2.75) is 12.6 Å². The SMILES string of the molecule is N#Cc1cc(Cc2ccnc(-c3ccc(C(N)=O)c(C(F)(F)F)c3)c2)cc(F)c1F. The molecule has 1 heterocycles. The van der Waals surface area contributed by atoms with Crippen LogP contribution in [0.15, 0.2) is 48.7 Å². The summed E-state index contributed by atoms with van der Waals surface area (Å²) in [6.45, 7) is 0. The van der Waals surface area contributed by atoms with E-state index in [4.69, 9.17) is 11.0 Å². The number of nitrogens with two attached hydrogens (primary N) is 1. The van der Waals surface area contributed by atoms with Crippen LogP contribution in [0.3, 0.4) is 0 Å². The van der Waals surface area contributed by atoms with Crippen LogP contribution in [0.2, 0.25) is 0 Å². The predicted molar refractivity (Wildman–Crippen MR) is 97.1 cm³/mol. The summed E-state index contributed by atoms with van der Waals surface area (Å²) in [6, 6.07) is 9.77. The molecule has 0 bridgehead atoms. The van der Waals surface area contributed by atoms with Crippen LogP contribution >= 0.6 is 0 Å². The molecule has 0 atom stereocenters. The zero-order valence-electron chi connectivity index (χ0n) is 15.1. The van der Waals surface area contributed by atoms with Crippen molar-refractivity contribution in [1.82, 2.24) is 4.98 Å². The first-order chi connectivity index (χ1) is 14.1. The molecule has 4 nitrogen and oxygen atoms in total. The van der Waals surface area contributed by atoms with Crippen LogP contribution < -0.4 is 5.73 Å². The van der Waals surface area contributed by atoms with Gasteiger partial charge in [-0.2, -0.15) is 18.4 Å². The van der Waals surface area contributed by atoms with Crippen LogP contribution in [-0.4, -0.2) is 10.9 Å². The average Bonchev–Trinajstić information content (AvgIpc) is 2.69. The van der Waals surface area contributed by atoms with Crippen molar-refractivity contribution in [2.75, 3.05) is 0 Å². The predicted octanol–water partition coefficient (Wildman–Crippen LogP) is 4.61.